The van der Waals surface area contributed by atoms with Crippen molar-refractivity contribution in [3.63, 3.8) is 0 Å². The van der Waals surface area contributed by atoms with Gasteiger partial charge in [0.25, 0.3) is 0 Å². The summed E-state index contributed by atoms with van der Waals surface area (Å²) in [4.78, 5) is 14.5. The highest BCUT2D eigenvalue weighted by Gasteiger charge is 2.29. The van der Waals surface area contributed by atoms with Gasteiger partial charge in [0.2, 0.25) is 5.91 Å². The second-order valence-electron chi connectivity index (χ2n) is 6.35. The van der Waals surface area contributed by atoms with Gasteiger partial charge in [-0.1, -0.05) is 12.1 Å². The third-order valence-electron chi connectivity index (χ3n) is 4.44. The summed E-state index contributed by atoms with van der Waals surface area (Å²) in [7, 11) is -3.10. The van der Waals surface area contributed by atoms with Crippen molar-refractivity contribution in [3.8, 4) is 0 Å². The summed E-state index contributed by atoms with van der Waals surface area (Å²) in [5.41, 5.74) is 4.65. The van der Waals surface area contributed by atoms with Crippen molar-refractivity contribution in [2.45, 2.75) is 33.1 Å². The third kappa shape index (κ3) is 2.95. The molecule has 1 amide bonds. The Morgan fingerprint density at radius 3 is 2.77 bits per heavy atom. The van der Waals surface area contributed by atoms with Gasteiger partial charge in [-0.25, -0.2) is 8.42 Å². The molecule has 0 saturated heterocycles. The lowest BCUT2D eigenvalue weighted by molar-refractivity contribution is -0.119. The highest BCUT2D eigenvalue weighted by atomic mass is 32.2. The monoisotopic (exact) mass is 319 g/mol. The van der Waals surface area contributed by atoms with Crippen molar-refractivity contribution in [2.75, 3.05) is 17.2 Å². The molecule has 5 heteroatoms. The molecule has 0 fully saturated rings. The van der Waals surface area contributed by atoms with E-state index in [-0.39, 0.29) is 24.0 Å². The van der Waals surface area contributed by atoms with Crippen LogP contribution in [0.15, 0.2) is 23.6 Å². The summed E-state index contributed by atoms with van der Waals surface area (Å²) < 4.78 is 22.9. The van der Waals surface area contributed by atoms with E-state index in [9.17, 15) is 13.2 Å². The summed E-state index contributed by atoms with van der Waals surface area (Å²) >= 11 is 0. The number of carbonyl (C=O) groups is 1. The van der Waals surface area contributed by atoms with Crippen LogP contribution in [0.3, 0.4) is 0 Å². The van der Waals surface area contributed by atoms with Gasteiger partial charge in [-0.15, -0.1) is 0 Å². The van der Waals surface area contributed by atoms with Gasteiger partial charge >= 0.3 is 0 Å². The van der Waals surface area contributed by atoms with Crippen molar-refractivity contribution in [1.82, 2.24) is 0 Å². The molecule has 1 unspecified atom stereocenters. The van der Waals surface area contributed by atoms with Gasteiger partial charge in [0, 0.05) is 30.0 Å². The van der Waals surface area contributed by atoms with Gasteiger partial charge in [-0.2, -0.15) is 0 Å². The third-order valence-corrected chi connectivity index (χ3v) is 5.90. The molecule has 22 heavy (non-hydrogen) atoms. The molecule has 2 aliphatic heterocycles. The molecule has 118 valence electrons. The van der Waals surface area contributed by atoms with E-state index in [0.29, 0.717) is 0 Å². The molecule has 0 aromatic heterocycles. The summed E-state index contributed by atoms with van der Waals surface area (Å²) in [5.74, 6) is -0.0989. The Morgan fingerprint density at radius 2 is 2.09 bits per heavy atom. The first-order chi connectivity index (χ1) is 10.4. The fourth-order valence-electron chi connectivity index (χ4n) is 3.44. The number of hydrogen-bond donors (Lipinski definition) is 0. The molecule has 0 radical (unpaired) electrons. The first-order valence-corrected chi connectivity index (χ1v) is 9.39. The van der Waals surface area contributed by atoms with E-state index in [4.69, 9.17) is 0 Å². The van der Waals surface area contributed by atoms with Gasteiger partial charge in [0.1, 0.15) is 0 Å². The zero-order valence-corrected chi connectivity index (χ0v) is 13.8. The summed E-state index contributed by atoms with van der Waals surface area (Å²) in [6.45, 7) is 4.85. The van der Waals surface area contributed by atoms with Crippen LogP contribution >= 0.6 is 0 Å². The number of allylic oxidation sites excluding steroid dienone is 1. The molecule has 4 nitrogen and oxygen atoms in total. The van der Waals surface area contributed by atoms with Gasteiger partial charge < -0.3 is 4.90 Å². The molecule has 0 spiro atoms. The number of aryl methyl sites for hydroxylation is 2. The highest BCUT2D eigenvalue weighted by Crippen LogP contribution is 2.32. The van der Waals surface area contributed by atoms with Gasteiger partial charge in [0.15, 0.2) is 9.84 Å². The number of sulfone groups is 1. The molecule has 1 aromatic rings. The van der Waals surface area contributed by atoms with Crippen LogP contribution in [-0.2, 0) is 21.1 Å². The van der Waals surface area contributed by atoms with Crippen LogP contribution in [0.2, 0.25) is 0 Å². The molecule has 0 saturated carbocycles. The van der Waals surface area contributed by atoms with E-state index in [1.165, 1.54) is 16.5 Å². The number of amides is 1. The van der Waals surface area contributed by atoms with Crippen molar-refractivity contribution in [1.29, 1.82) is 0 Å². The Hall–Kier alpha value is -1.62. The molecule has 0 bridgehead atoms. The molecule has 1 aromatic carbocycles. The van der Waals surface area contributed by atoms with Gasteiger partial charge in [0.05, 0.1) is 5.75 Å². The van der Waals surface area contributed by atoms with Crippen LogP contribution in [0.25, 0.3) is 0 Å². The van der Waals surface area contributed by atoms with Crippen molar-refractivity contribution < 1.29 is 13.2 Å². The Balaban J connectivity index is 1.82. The minimum Gasteiger partial charge on any atom is -0.312 e. The maximum atomic E-state index is 12.6. The zero-order valence-electron chi connectivity index (χ0n) is 13.0. The first-order valence-electron chi connectivity index (χ1n) is 7.67. The Labute approximate surface area is 131 Å². The largest absolute Gasteiger partial charge is 0.312 e. The minimum absolute atomic E-state index is 0.0256. The second kappa shape index (κ2) is 5.54. The average Bonchev–Trinajstić information content (AvgIpc) is 2.77. The normalized spacial score (nSPS) is 22.6. The zero-order chi connectivity index (χ0) is 15.9. The van der Waals surface area contributed by atoms with Gasteiger partial charge in [-0.05, 0) is 49.4 Å². The number of anilines is 1. The highest BCUT2D eigenvalue weighted by molar-refractivity contribution is 7.94. The predicted molar refractivity (Wildman–Crippen MR) is 87.6 cm³/mol. The summed E-state index contributed by atoms with van der Waals surface area (Å²) in [6.07, 6.45) is 3.88. The van der Waals surface area contributed by atoms with Crippen LogP contribution in [0.1, 0.15) is 29.5 Å². The Bertz CT molecular complexity index is 749. The quantitative estimate of drug-likeness (QED) is 0.842. The lowest BCUT2D eigenvalue weighted by Gasteiger charge is -2.31. The maximum absolute atomic E-state index is 12.6. The van der Waals surface area contributed by atoms with Crippen LogP contribution in [0, 0.1) is 19.8 Å². The van der Waals surface area contributed by atoms with Crippen LogP contribution in [0.5, 0.6) is 0 Å². The number of benzene rings is 1. The van der Waals surface area contributed by atoms with Crippen LogP contribution < -0.4 is 4.90 Å². The number of carbonyl (C=O) groups excluding carboxylic acids is 1. The number of hydrogen-bond acceptors (Lipinski definition) is 3. The molecular weight excluding hydrogens is 298 g/mol. The van der Waals surface area contributed by atoms with E-state index in [2.05, 4.69) is 19.1 Å². The summed E-state index contributed by atoms with van der Waals surface area (Å²) in [5, 5.41) is 1.24. The van der Waals surface area contributed by atoms with Crippen molar-refractivity contribution in [3.05, 3.63) is 40.3 Å². The number of rotatable bonds is 2. The molecule has 2 aliphatic rings. The minimum atomic E-state index is -3.10. The lowest BCUT2D eigenvalue weighted by Crippen LogP contribution is -2.37. The topological polar surface area (TPSA) is 54.5 Å². The second-order valence-corrected chi connectivity index (χ2v) is 8.28. The Kier molecular flexibility index (Phi) is 3.85. The molecule has 3 rings (SSSR count). The molecular formula is C17H21NO3S. The summed E-state index contributed by atoms with van der Waals surface area (Å²) in [6, 6.07) is 4.22. The number of fused-ring (bicyclic) bond motifs is 1. The fraction of sp³-hybridized carbons (Fsp3) is 0.471. The Morgan fingerprint density at radius 1 is 1.32 bits per heavy atom. The SMILES string of the molecule is Cc1cc(C)c2c(c1)N(C(=O)CC1C=CS(=O)(=O)C1)CCC2. The van der Waals surface area contributed by atoms with E-state index in [1.807, 2.05) is 11.8 Å². The standard InChI is InChI=1S/C17H21NO3S/c1-12-8-13(2)15-4-3-6-18(16(15)9-12)17(19)10-14-5-7-22(20,21)11-14/h5,7-9,14H,3-4,6,10-11H2,1-2H3. The maximum Gasteiger partial charge on any atom is 0.227 e. The first kappa shape index (κ1) is 15.3. The molecule has 0 N–H and O–H groups in total. The van der Waals surface area contributed by atoms with E-state index in [1.54, 1.807) is 6.08 Å². The van der Waals surface area contributed by atoms with Gasteiger partial charge in [-0.3, -0.25) is 4.79 Å². The fourth-order valence-corrected chi connectivity index (χ4v) is 4.83. The van der Waals surface area contributed by atoms with E-state index < -0.39 is 9.84 Å². The van der Waals surface area contributed by atoms with Crippen molar-refractivity contribution >= 4 is 21.4 Å². The van der Waals surface area contributed by atoms with Crippen LogP contribution in [0.4, 0.5) is 5.69 Å². The molecule has 0 aliphatic carbocycles. The number of nitrogens with zero attached hydrogens (tertiary/aromatic N) is 1. The van der Waals surface area contributed by atoms with Crippen LogP contribution in [-0.4, -0.2) is 26.6 Å². The van der Waals surface area contributed by atoms with E-state index >= 15 is 0 Å². The average molecular weight is 319 g/mol. The molecule has 1 atom stereocenters. The van der Waals surface area contributed by atoms with E-state index in [0.717, 1.165) is 30.6 Å². The lowest BCUT2D eigenvalue weighted by atomic mass is 9.94. The van der Waals surface area contributed by atoms with Crippen molar-refractivity contribution in [2.24, 2.45) is 5.92 Å². The molecule has 2 heterocycles. The smallest absolute Gasteiger partial charge is 0.227 e. The predicted octanol–water partition coefficient (Wildman–Crippen LogP) is 2.53.